The van der Waals surface area contributed by atoms with Crippen molar-refractivity contribution in [3.05, 3.63) is 0 Å². The Hall–Kier alpha value is -0.120. The second-order valence-corrected chi connectivity index (χ2v) is 4.25. The fourth-order valence-corrected chi connectivity index (χ4v) is 0.988. The van der Waals surface area contributed by atoms with E-state index in [1.54, 1.807) is 0 Å². The lowest BCUT2D eigenvalue weighted by Gasteiger charge is -2.09. The highest BCUT2D eigenvalue weighted by Gasteiger charge is 2.40. The van der Waals surface area contributed by atoms with Gasteiger partial charge in [0.2, 0.25) is 0 Å². The summed E-state index contributed by atoms with van der Waals surface area (Å²) in [6.45, 7) is 6.72. The van der Waals surface area contributed by atoms with E-state index in [-0.39, 0.29) is 0 Å². The maximum Gasteiger partial charge on any atom is 0.0882 e. The molecule has 0 aliphatic heterocycles. The van der Waals surface area contributed by atoms with Crippen LogP contribution in [-0.2, 0) is 9.47 Å². The molecule has 0 unspecified atom stereocenters. The van der Waals surface area contributed by atoms with Crippen molar-refractivity contribution >= 4 is 0 Å². The predicted octanol–water partition coefficient (Wildman–Crippen LogP) is 1.20. The van der Waals surface area contributed by atoms with Crippen molar-refractivity contribution in [2.75, 3.05) is 26.4 Å². The molecule has 0 aromatic carbocycles. The van der Waals surface area contributed by atoms with Crippen LogP contribution in [0.4, 0.5) is 0 Å². The molecule has 0 aromatic heterocycles. The third-order valence-corrected chi connectivity index (χ3v) is 2.02. The smallest absolute Gasteiger partial charge is 0.0882 e. The summed E-state index contributed by atoms with van der Waals surface area (Å²) in [6.07, 6.45) is 1.78. The van der Waals surface area contributed by atoms with E-state index >= 15 is 0 Å². The van der Waals surface area contributed by atoms with Crippen molar-refractivity contribution in [1.82, 2.24) is 0 Å². The molecule has 0 atom stereocenters. The summed E-state index contributed by atoms with van der Waals surface area (Å²) < 4.78 is 10.6. The van der Waals surface area contributed by atoms with E-state index in [4.69, 9.17) is 9.47 Å². The van der Waals surface area contributed by atoms with E-state index in [0.717, 1.165) is 19.4 Å². The zero-order chi connectivity index (χ0) is 9.73. The molecule has 0 saturated heterocycles. The molecule has 3 heteroatoms. The molecule has 13 heavy (non-hydrogen) atoms. The minimum atomic E-state index is -0.488. The molecule has 1 aliphatic rings. The molecule has 1 rings (SSSR count). The topological polar surface area (TPSA) is 38.7 Å². The molecule has 0 amide bonds. The summed E-state index contributed by atoms with van der Waals surface area (Å²) in [7, 11) is 0. The van der Waals surface area contributed by atoms with Crippen LogP contribution < -0.4 is 0 Å². The van der Waals surface area contributed by atoms with E-state index in [1.807, 2.05) is 0 Å². The molecule has 3 nitrogen and oxygen atoms in total. The Labute approximate surface area is 80.0 Å². The Kier molecular flexibility index (Phi) is 4.16. The van der Waals surface area contributed by atoms with Gasteiger partial charge in [0.05, 0.1) is 25.4 Å². The molecule has 0 bridgehead atoms. The average molecular weight is 188 g/mol. The van der Waals surface area contributed by atoms with Gasteiger partial charge in [-0.1, -0.05) is 13.8 Å². The van der Waals surface area contributed by atoms with Gasteiger partial charge in [-0.05, 0) is 18.8 Å². The minimum absolute atomic E-state index is 0.470. The van der Waals surface area contributed by atoms with Crippen LogP contribution in [0.2, 0.25) is 0 Å². The molecule has 0 spiro atoms. The maximum atomic E-state index is 9.41. The molecule has 1 N–H and O–H groups in total. The van der Waals surface area contributed by atoms with Gasteiger partial charge in [-0.25, -0.2) is 0 Å². The first-order valence-electron chi connectivity index (χ1n) is 5.00. The van der Waals surface area contributed by atoms with Gasteiger partial charge in [0.1, 0.15) is 0 Å². The molecule has 0 heterocycles. The van der Waals surface area contributed by atoms with Gasteiger partial charge >= 0.3 is 0 Å². The Bertz CT molecular complexity index is 141. The van der Waals surface area contributed by atoms with Crippen LogP contribution in [0.3, 0.4) is 0 Å². The van der Waals surface area contributed by atoms with Crippen LogP contribution in [0.25, 0.3) is 0 Å². The van der Waals surface area contributed by atoms with Crippen LogP contribution in [0.15, 0.2) is 0 Å². The molecule has 0 radical (unpaired) electrons. The number of hydrogen-bond acceptors (Lipinski definition) is 3. The van der Waals surface area contributed by atoms with Crippen molar-refractivity contribution in [2.24, 2.45) is 5.92 Å². The molecule has 0 aromatic rings. The van der Waals surface area contributed by atoms with Crippen molar-refractivity contribution in [2.45, 2.75) is 32.3 Å². The van der Waals surface area contributed by atoms with Crippen LogP contribution in [0.5, 0.6) is 0 Å². The van der Waals surface area contributed by atoms with E-state index in [1.165, 1.54) is 0 Å². The quantitative estimate of drug-likeness (QED) is 0.610. The van der Waals surface area contributed by atoms with Gasteiger partial charge in [-0.3, -0.25) is 0 Å². The number of rotatable bonds is 7. The number of hydrogen-bond donors (Lipinski definition) is 1. The lowest BCUT2D eigenvalue weighted by Crippen LogP contribution is -2.18. The van der Waals surface area contributed by atoms with Crippen molar-refractivity contribution in [3.63, 3.8) is 0 Å². The van der Waals surface area contributed by atoms with E-state index < -0.39 is 5.60 Å². The Morgan fingerprint density at radius 1 is 1.23 bits per heavy atom. The summed E-state index contributed by atoms with van der Waals surface area (Å²) in [5.41, 5.74) is -0.488. The zero-order valence-corrected chi connectivity index (χ0v) is 8.58. The molecule has 1 fully saturated rings. The monoisotopic (exact) mass is 188 g/mol. The zero-order valence-electron chi connectivity index (χ0n) is 8.58. The number of ether oxygens (including phenoxy) is 2. The lowest BCUT2D eigenvalue weighted by atomic mass is 10.2. The highest BCUT2D eigenvalue weighted by molar-refractivity contribution is 4.92. The number of aliphatic hydroxyl groups is 1. The first-order chi connectivity index (χ1) is 6.12. The van der Waals surface area contributed by atoms with Gasteiger partial charge in [0, 0.05) is 6.61 Å². The standard InChI is InChI=1S/C10H20O3/c1-9(2)7-12-5-6-13-8-10(11)3-4-10/h9,11H,3-8H2,1-2H3. The average Bonchev–Trinajstić information content (AvgIpc) is 2.76. The van der Waals surface area contributed by atoms with E-state index in [9.17, 15) is 5.11 Å². The molecular formula is C10H20O3. The summed E-state index contributed by atoms with van der Waals surface area (Å²) in [4.78, 5) is 0. The first kappa shape index (κ1) is 11.0. The Morgan fingerprint density at radius 2 is 1.85 bits per heavy atom. The fourth-order valence-electron chi connectivity index (χ4n) is 0.988. The second-order valence-electron chi connectivity index (χ2n) is 4.25. The summed E-state index contributed by atoms with van der Waals surface area (Å²) >= 11 is 0. The fraction of sp³-hybridized carbons (Fsp3) is 1.00. The van der Waals surface area contributed by atoms with Crippen molar-refractivity contribution in [1.29, 1.82) is 0 Å². The predicted molar refractivity (Wildman–Crippen MR) is 50.7 cm³/mol. The van der Waals surface area contributed by atoms with Crippen LogP contribution >= 0.6 is 0 Å². The summed E-state index contributed by atoms with van der Waals surface area (Å²) in [5, 5.41) is 9.41. The van der Waals surface area contributed by atoms with Gasteiger partial charge in [0.25, 0.3) is 0 Å². The molecule has 78 valence electrons. The van der Waals surface area contributed by atoms with E-state index in [0.29, 0.717) is 25.7 Å². The van der Waals surface area contributed by atoms with Gasteiger partial charge in [-0.2, -0.15) is 0 Å². The first-order valence-corrected chi connectivity index (χ1v) is 5.00. The third-order valence-electron chi connectivity index (χ3n) is 2.02. The van der Waals surface area contributed by atoms with Gasteiger partial charge < -0.3 is 14.6 Å². The highest BCUT2D eigenvalue weighted by atomic mass is 16.5. The highest BCUT2D eigenvalue weighted by Crippen LogP contribution is 2.34. The van der Waals surface area contributed by atoms with Gasteiger partial charge in [-0.15, -0.1) is 0 Å². The van der Waals surface area contributed by atoms with Crippen molar-refractivity contribution in [3.8, 4) is 0 Å². The van der Waals surface area contributed by atoms with E-state index in [2.05, 4.69) is 13.8 Å². The Morgan fingerprint density at radius 3 is 2.38 bits per heavy atom. The third kappa shape index (κ3) is 5.24. The summed E-state index contributed by atoms with van der Waals surface area (Å²) in [6, 6.07) is 0. The van der Waals surface area contributed by atoms with Gasteiger partial charge in [0.15, 0.2) is 0 Å². The van der Waals surface area contributed by atoms with Crippen LogP contribution in [-0.4, -0.2) is 37.1 Å². The normalized spacial score (nSPS) is 19.4. The minimum Gasteiger partial charge on any atom is -0.387 e. The molecular weight excluding hydrogens is 168 g/mol. The molecule has 1 saturated carbocycles. The SMILES string of the molecule is CC(C)COCCOCC1(O)CC1. The van der Waals surface area contributed by atoms with Crippen LogP contribution in [0, 0.1) is 5.92 Å². The maximum absolute atomic E-state index is 9.41. The lowest BCUT2D eigenvalue weighted by molar-refractivity contribution is -0.0103. The summed E-state index contributed by atoms with van der Waals surface area (Å²) in [5.74, 6) is 0.576. The molecule has 1 aliphatic carbocycles. The Balaban J connectivity index is 1.79. The van der Waals surface area contributed by atoms with Crippen LogP contribution in [0.1, 0.15) is 26.7 Å². The second kappa shape index (κ2) is 4.94. The van der Waals surface area contributed by atoms with Crippen molar-refractivity contribution < 1.29 is 14.6 Å². The largest absolute Gasteiger partial charge is 0.387 e.